The molecule has 0 N–H and O–H groups in total. The summed E-state index contributed by atoms with van der Waals surface area (Å²) >= 11 is 2.42. The van der Waals surface area contributed by atoms with Gasteiger partial charge in [-0.15, -0.1) is 11.3 Å². The van der Waals surface area contributed by atoms with Gasteiger partial charge in [-0.25, -0.2) is 4.98 Å². The van der Waals surface area contributed by atoms with Crippen LogP contribution in [0.4, 0.5) is 13.2 Å². The molecule has 0 atom stereocenters. The van der Waals surface area contributed by atoms with Crippen LogP contribution in [0.2, 0.25) is 0 Å². The lowest BCUT2D eigenvalue weighted by Crippen LogP contribution is -2.19. The number of thioether (sulfide) groups is 1. The Morgan fingerprint density at radius 1 is 1.26 bits per heavy atom. The molecule has 120 valence electrons. The summed E-state index contributed by atoms with van der Waals surface area (Å²) in [6.07, 6.45) is -4.40. The second-order valence-electron chi connectivity index (χ2n) is 4.84. The van der Waals surface area contributed by atoms with Crippen LogP contribution in [0.15, 0.2) is 45.7 Å². The molecule has 3 nitrogen and oxygen atoms in total. The molecule has 2 heterocycles. The largest absolute Gasteiger partial charge is 0.416 e. The first-order valence-electron chi connectivity index (χ1n) is 6.60. The first-order chi connectivity index (χ1) is 10.9. The fourth-order valence-corrected chi connectivity index (χ4v) is 3.94. The van der Waals surface area contributed by atoms with Gasteiger partial charge < -0.3 is 0 Å². The van der Waals surface area contributed by atoms with Crippen LogP contribution in [0.3, 0.4) is 0 Å². The number of nitrogens with zero attached hydrogens (tertiary/aromatic N) is 2. The lowest BCUT2D eigenvalue weighted by molar-refractivity contribution is -0.138. The van der Waals surface area contributed by atoms with Crippen molar-refractivity contribution in [1.82, 2.24) is 9.55 Å². The Bertz CT molecular complexity index is 915. The normalized spacial score (nSPS) is 12.0. The second kappa shape index (κ2) is 6.01. The molecule has 0 fully saturated rings. The molecule has 0 aliphatic carbocycles. The molecule has 23 heavy (non-hydrogen) atoms. The van der Waals surface area contributed by atoms with Gasteiger partial charge in [0, 0.05) is 12.8 Å². The number of hydrogen-bond acceptors (Lipinski definition) is 4. The fourth-order valence-electron chi connectivity index (χ4n) is 2.16. The Balaban J connectivity index is 1.93. The van der Waals surface area contributed by atoms with Crippen LogP contribution in [-0.4, -0.2) is 9.55 Å². The van der Waals surface area contributed by atoms with Crippen molar-refractivity contribution in [3.8, 4) is 0 Å². The van der Waals surface area contributed by atoms with Crippen LogP contribution in [0.1, 0.15) is 11.1 Å². The molecule has 0 saturated heterocycles. The average molecular weight is 356 g/mol. The number of rotatable bonds is 3. The van der Waals surface area contributed by atoms with Crippen LogP contribution < -0.4 is 5.56 Å². The third-order valence-corrected chi connectivity index (χ3v) is 5.30. The summed E-state index contributed by atoms with van der Waals surface area (Å²) in [5.74, 6) is 0.0889. The molecule has 0 aliphatic rings. The highest BCUT2D eigenvalue weighted by Gasteiger charge is 2.32. The van der Waals surface area contributed by atoms with Crippen LogP contribution >= 0.6 is 23.1 Å². The fraction of sp³-hybridized carbons (Fsp3) is 0.200. The van der Waals surface area contributed by atoms with Gasteiger partial charge in [-0.3, -0.25) is 9.36 Å². The Kier molecular flexibility index (Phi) is 4.20. The van der Waals surface area contributed by atoms with Crippen LogP contribution in [-0.2, 0) is 19.0 Å². The van der Waals surface area contributed by atoms with Gasteiger partial charge in [-0.2, -0.15) is 13.2 Å². The van der Waals surface area contributed by atoms with E-state index in [0.29, 0.717) is 15.4 Å². The van der Waals surface area contributed by atoms with Gasteiger partial charge in [0.25, 0.3) is 5.56 Å². The zero-order valence-electron chi connectivity index (χ0n) is 11.9. The summed E-state index contributed by atoms with van der Waals surface area (Å²) in [6.45, 7) is 0. The first kappa shape index (κ1) is 16.1. The SMILES string of the molecule is Cn1c(SCc2ccccc2C(F)(F)F)nc2ccsc2c1=O. The zero-order chi connectivity index (χ0) is 16.6. The highest BCUT2D eigenvalue weighted by Crippen LogP contribution is 2.34. The third-order valence-electron chi connectivity index (χ3n) is 3.33. The highest BCUT2D eigenvalue weighted by atomic mass is 32.2. The molecule has 0 saturated carbocycles. The van der Waals surface area contributed by atoms with E-state index in [1.165, 1.54) is 28.0 Å². The molecular weight excluding hydrogens is 345 g/mol. The molecule has 0 amide bonds. The van der Waals surface area contributed by atoms with E-state index < -0.39 is 11.7 Å². The lowest BCUT2D eigenvalue weighted by Gasteiger charge is -2.13. The summed E-state index contributed by atoms with van der Waals surface area (Å²) in [5.41, 5.74) is -0.0971. The van der Waals surface area contributed by atoms with Crippen molar-refractivity contribution < 1.29 is 13.2 Å². The van der Waals surface area contributed by atoms with Gasteiger partial charge in [0.05, 0.1) is 11.1 Å². The first-order valence-corrected chi connectivity index (χ1v) is 8.46. The topological polar surface area (TPSA) is 34.9 Å². The molecule has 0 radical (unpaired) electrons. The Labute approximate surface area is 137 Å². The maximum absolute atomic E-state index is 13.0. The third kappa shape index (κ3) is 3.13. The number of aromatic nitrogens is 2. The van der Waals surface area contributed by atoms with Gasteiger partial charge in [-0.1, -0.05) is 30.0 Å². The van der Waals surface area contributed by atoms with Gasteiger partial charge in [-0.05, 0) is 23.1 Å². The predicted molar refractivity (Wildman–Crippen MR) is 85.9 cm³/mol. The maximum Gasteiger partial charge on any atom is 0.416 e. The molecule has 3 aromatic rings. The molecule has 0 aliphatic heterocycles. The molecule has 0 spiro atoms. The van der Waals surface area contributed by atoms with E-state index >= 15 is 0 Å². The maximum atomic E-state index is 13.0. The molecule has 0 bridgehead atoms. The molecular formula is C15H11F3N2OS2. The Morgan fingerprint density at radius 3 is 2.74 bits per heavy atom. The van der Waals surface area contributed by atoms with E-state index in [9.17, 15) is 18.0 Å². The number of thiophene rings is 1. The Hall–Kier alpha value is -1.80. The lowest BCUT2D eigenvalue weighted by atomic mass is 10.1. The molecule has 1 aromatic carbocycles. The van der Waals surface area contributed by atoms with Crippen LogP contribution in [0.5, 0.6) is 0 Å². The number of alkyl halides is 3. The van der Waals surface area contributed by atoms with Gasteiger partial charge in [0.15, 0.2) is 5.16 Å². The van der Waals surface area contributed by atoms with E-state index in [2.05, 4.69) is 4.98 Å². The van der Waals surface area contributed by atoms with Crippen molar-refractivity contribution in [1.29, 1.82) is 0 Å². The van der Waals surface area contributed by atoms with Gasteiger partial charge in [0.1, 0.15) is 4.70 Å². The standard InChI is InChI=1S/C15H11F3N2OS2/c1-20-13(21)12-11(6-7-22-12)19-14(20)23-8-9-4-2-3-5-10(9)15(16,17)18/h2-7H,8H2,1H3. The number of fused-ring (bicyclic) bond motifs is 1. The molecule has 8 heteroatoms. The minimum absolute atomic E-state index is 0.0889. The van der Waals surface area contributed by atoms with E-state index in [4.69, 9.17) is 0 Å². The minimum Gasteiger partial charge on any atom is -0.290 e. The second-order valence-corrected chi connectivity index (χ2v) is 6.70. The summed E-state index contributed by atoms with van der Waals surface area (Å²) in [5, 5.41) is 2.17. The molecule has 2 aromatic heterocycles. The number of halogens is 3. The Morgan fingerprint density at radius 2 is 2.00 bits per heavy atom. The van der Waals surface area contributed by atoms with Crippen molar-refractivity contribution >= 4 is 33.3 Å². The van der Waals surface area contributed by atoms with Crippen molar-refractivity contribution in [2.24, 2.45) is 7.05 Å². The van der Waals surface area contributed by atoms with Crippen molar-refractivity contribution in [2.45, 2.75) is 17.1 Å². The van der Waals surface area contributed by atoms with Crippen molar-refractivity contribution in [2.75, 3.05) is 0 Å². The van der Waals surface area contributed by atoms with Crippen LogP contribution in [0, 0.1) is 0 Å². The number of benzene rings is 1. The van der Waals surface area contributed by atoms with E-state index in [1.54, 1.807) is 24.6 Å². The average Bonchev–Trinajstić information content (AvgIpc) is 2.97. The summed E-state index contributed by atoms with van der Waals surface area (Å²) in [6, 6.07) is 7.17. The molecule has 3 rings (SSSR count). The summed E-state index contributed by atoms with van der Waals surface area (Å²) < 4.78 is 40.9. The van der Waals surface area contributed by atoms with E-state index in [1.807, 2.05) is 0 Å². The summed E-state index contributed by atoms with van der Waals surface area (Å²) in [7, 11) is 1.58. The molecule has 0 unspecified atom stereocenters. The predicted octanol–water partition coefficient (Wildman–Crippen LogP) is 4.31. The van der Waals surface area contributed by atoms with Crippen LogP contribution in [0.25, 0.3) is 10.2 Å². The monoisotopic (exact) mass is 356 g/mol. The minimum atomic E-state index is -4.40. The van der Waals surface area contributed by atoms with Crippen molar-refractivity contribution in [3.05, 3.63) is 57.2 Å². The van der Waals surface area contributed by atoms with Crippen molar-refractivity contribution in [3.63, 3.8) is 0 Å². The highest BCUT2D eigenvalue weighted by molar-refractivity contribution is 7.98. The van der Waals surface area contributed by atoms with Gasteiger partial charge in [0.2, 0.25) is 0 Å². The van der Waals surface area contributed by atoms with Gasteiger partial charge >= 0.3 is 6.18 Å². The summed E-state index contributed by atoms with van der Waals surface area (Å²) in [4.78, 5) is 16.5. The van der Waals surface area contributed by atoms with E-state index in [-0.39, 0.29) is 16.9 Å². The number of hydrogen-bond donors (Lipinski definition) is 0. The smallest absolute Gasteiger partial charge is 0.290 e. The van der Waals surface area contributed by atoms with E-state index in [0.717, 1.165) is 17.8 Å². The quantitative estimate of drug-likeness (QED) is 0.518. The zero-order valence-corrected chi connectivity index (χ0v) is 13.6.